The Labute approximate surface area is 115 Å². The summed E-state index contributed by atoms with van der Waals surface area (Å²) in [4.78, 5) is 11.7. The first-order valence-corrected chi connectivity index (χ1v) is 6.24. The summed E-state index contributed by atoms with van der Waals surface area (Å²) in [5.74, 6) is 0. The number of benzene rings is 1. The van der Waals surface area contributed by atoms with Crippen LogP contribution in [-0.2, 0) is 5.41 Å². The van der Waals surface area contributed by atoms with Gasteiger partial charge >= 0.3 is 0 Å². The van der Waals surface area contributed by atoms with E-state index in [0.717, 1.165) is 5.69 Å². The molecule has 0 aliphatic heterocycles. The van der Waals surface area contributed by atoms with Crippen LogP contribution in [0.4, 0.5) is 11.4 Å². The largest absolute Gasteiger partial charge is 0.299 e. The van der Waals surface area contributed by atoms with E-state index < -0.39 is 0 Å². The van der Waals surface area contributed by atoms with E-state index in [1.165, 1.54) is 0 Å². The van der Waals surface area contributed by atoms with Gasteiger partial charge in [-0.15, -0.1) is 5.11 Å². The van der Waals surface area contributed by atoms with Crippen LogP contribution in [0.5, 0.6) is 0 Å². The van der Waals surface area contributed by atoms with Gasteiger partial charge in [-0.1, -0.05) is 38.4 Å². The van der Waals surface area contributed by atoms with E-state index in [1.807, 2.05) is 20.8 Å². The summed E-state index contributed by atoms with van der Waals surface area (Å²) in [6.07, 6.45) is 0. The molecule has 0 radical (unpaired) electrons. The second kappa shape index (κ2) is 5.01. The third kappa shape index (κ3) is 3.12. The van der Waals surface area contributed by atoms with Crippen LogP contribution in [0.2, 0.25) is 5.02 Å². The molecule has 0 atom stereocenters. The van der Waals surface area contributed by atoms with E-state index in [4.69, 9.17) is 11.6 Å². The minimum atomic E-state index is -0.282. The third-order valence-corrected chi connectivity index (χ3v) is 2.81. The van der Waals surface area contributed by atoms with Crippen molar-refractivity contribution in [2.24, 2.45) is 10.2 Å². The number of nitrogens with zero attached hydrogens (tertiary/aromatic N) is 2. The zero-order valence-corrected chi connectivity index (χ0v) is 11.7. The van der Waals surface area contributed by atoms with Crippen LogP contribution in [0.1, 0.15) is 26.5 Å². The van der Waals surface area contributed by atoms with Crippen molar-refractivity contribution in [2.75, 3.05) is 0 Å². The molecule has 2 aromatic rings. The standard InChI is InChI=1S/C13H15ClN4O/c1-13(2,3)11-10(12(19)18-17-11)16-15-9-6-4-5-8(14)7-9/h4-7H,1-3H3,(H2,17,18,19). The van der Waals surface area contributed by atoms with Crippen LogP contribution in [-0.4, -0.2) is 10.2 Å². The monoisotopic (exact) mass is 278 g/mol. The van der Waals surface area contributed by atoms with Crippen LogP contribution in [0.15, 0.2) is 39.3 Å². The molecule has 0 spiro atoms. The minimum Gasteiger partial charge on any atom is -0.299 e. The lowest BCUT2D eigenvalue weighted by atomic mass is 9.91. The first kappa shape index (κ1) is 13.5. The molecule has 0 amide bonds. The van der Waals surface area contributed by atoms with Gasteiger partial charge in [-0.05, 0) is 18.2 Å². The third-order valence-electron chi connectivity index (χ3n) is 2.58. The average Bonchev–Trinajstić information content (AvgIpc) is 2.68. The molecular weight excluding hydrogens is 264 g/mol. The maximum atomic E-state index is 11.7. The van der Waals surface area contributed by atoms with Gasteiger partial charge in [0, 0.05) is 10.4 Å². The van der Waals surface area contributed by atoms with Gasteiger partial charge in [-0.25, -0.2) is 0 Å². The Hall–Kier alpha value is -1.88. The average molecular weight is 279 g/mol. The zero-order chi connectivity index (χ0) is 14.0. The van der Waals surface area contributed by atoms with Gasteiger partial charge < -0.3 is 0 Å². The number of halogens is 1. The van der Waals surface area contributed by atoms with Gasteiger partial charge in [0.2, 0.25) is 0 Å². The van der Waals surface area contributed by atoms with Crippen molar-refractivity contribution in [3.63, 3.8) is 0 Å². The van der Waals surface area contributed by atoms with Crippen molar-refractivity contribution in [3.05, 3.63) is 45.3 Å². The number of H-pyrrole nitrogens is 2. The first-order valence-electron chi connectivity index (χ1n) is 5.86. The Balaban J connectivity index is 2.39. The predicted octanol–water partition coefficient (Wildman–Crippen LogP) is 4.07. The quantitative estimate of drug-likeness (QED) is 0.799. The van der Waals surface area contributed by atoms with Gasteiger partial charge in [-0.3, -0.25) is 15.0 Å². The highest BCUT2D eigenvalue weighted by Gasteiger charge is 2.22. The summed E-state index contributed by atoms with van der Waals surface area (Å²) in [5.41, 5.74) is 1.13. The summed E-state index contributed by atoms with van der Waals surface area (Å²) in [7, 11) is 0. The van der Waals surface area contributed by atoms with Crippen molar-refractivity contribution in [1.82, 2.24) is 10.2 Å². The molecule has 0 fully saturated rings. The smallest absolute Gasteiger partial charge is 0.292 e. The summed E-state index contributed by atoms with van der Waals surface area (Å²) >= 11 is 5.86. The van der Waals surface area contributed by atoms with Crippen LogP contribution in [0, 0.1) is 0 Å². The zero-order valence-electron chi connectivity index (χ0n) is 11.0. The maximum Gasteiger partial charge on any atom is 0.292 e. The Kier molecular flexibility index (Phi) is 3.57. The normalized spacial score (nSPS) is 12.2. The van der Waals surface area contributed by atoms with Crippen molar-refractivity contribution in [2.45, 2.75) is 26.2 Å². The number of azo groups is 1. The molecule has 0 aliphatic rings. The molecule has 2 rings (SSSR count). The van der Waals surface area contributed by atoms with E-state index in [2.05, 4.69) is 20.4 Å². The highest BCUT2D eigenvalue weighted by molar-refractivity contribution is 6.30. The van der Waals surface area contributed by atoms with E-state index in [-0.39, 0.29) is 11.0 Å². The molecule has 1 aromatic heterocycles. The Morgan fingerprint density at radius 3 is 2.53 bits per heavy atom. The number of aromatic nitrogens is 2. The lowest BCUT2D eigenvalue weighted by molar-refractivity contribution is 0.567. The molecule has 2 N–H and O–H groups in total. The fraction of sp³-hybridized carbons (Fsp3) is 0.308. The minimum absolute atomic E-state index is 0.220. The van der Waals surface area contributed by atoms with Crippen molar-refractivity contribution < 1.29 is 0 Å². The van der Waals surface area contributed by atoms with Crippen LogP contribution in [0.3, 0.4) is 0 Å². The molecule has 0 aliphatic carbocycles. The van der Waals surface area contributed by atoms with Crippen molar-refractivity contribution in [3.8, 4) is 0 Å². The Bertz CT molecular complexity index is 664. The van der Waals surface area contributed by atoms with Gasteiger partial charge in [0.05, 0.1) is 11.4 Å². The molecule has 0 bridgehead atoms. The molecule has 1 heterocycles. The van der Waals surface area contributed by atoms with Crippen molar-refractivity contribution in [1.29, 1.82) is 0 Å². The molecular formula is C13H15ClN4O. The van der Waals surface area contributed by atoms with Crippen LogP contribution in [0.25, 0.3) is 0 Å². The molecule has 0 saturated heterocycles. The molecule has 5 nitrogen and oxygen atoms in total. The summed E-state index contributed by atoms with van der Waals surface area (Å²) in [5, 5.41) is 14.0. The molecule has 0 unspecified atom stereocenters. The lowest BCUT2D eigenvalue weighted by Crippen LogP contribution is -2.12. The fourth-order valence-corrected chi connectivity index (χ4v) is 1.82. The number of rotatable bonds is 2. The summed E-state index contributed by atoms with van der Waals surface area (Å²) in [6, 6.07) is 6.99. The molecule has 100 valence electrons. The van der Waals surface area contributed by atoms with Gasteiger partial charge in [-0.2, -0.15) is 5.11 Å². The fourth-order valence-electron chi connectivity index (χ4n) is 1.64. The molecule has 1 aromatic carbocycles. The highest BCUT2D eigenvalue weighted by atomic mass is 35.5. The Morgan fingerprint density at radius 2 is 1.89 bits per heavy atom. The molecule has 0 saturated carbocycles. The van der Waals surface area contributed by atoms with Gasteiger partial charge in [0.1, 0.15) is 0 Å². The van der Waals surface area contributed by atoms with E-state index in [0.29, 0.717) is 16.4 Å². The number of hydrogen-bond donors (Lipinski definition) is 2. The topological polar surface area (TPSA) is 73.4 Å². The summed E-state index contributed by atoms with van der Waals surface area (Å²) in [6.45, 7) is 5.97. The first-order chi connectivity index (χ1) is 8.88. The van der Waals surface area contributed by atoms with Crippen LogP contribution >= 0.6 is 11.6 Å². The van der Waals surface area contributed by atoms with Crippen molar-refractivity contribution >= 4 is 23.0 Å². The van der Waals surface area contributed by atoms with E-state index >= 15 is 0 Å². The molecule has 6 heteroatoms. The van der Waals surface area contributed by atoms with Gasteiger partial charge in [0.15, 0.2) is 5.69 Å². The Morgan fingerprint density at radius 1 is 1.16 bits per heavy atom. The molecule has 19 heavy (non-hydrogen) atoms. The predicted molar refractivity (Wildman–Crippen MR) is 75.7 cm³/mol. The second-order valence-electron chi connectivity index (χ2n) is 5.23. The number of aromatic amines is 2. The van der Waals surface area contributed by atoms with Crippen LogP contribution < -0.4 is 5.56 Å². The SMILES string of the molecule is CC(C)(C)c1[nH][nH]c(=O)c1N=Nc1cccc(Cl)c1. The highest BCUT2D eigenvalue weighted by Crippen LogP contribution is 2.28. The van der Waals surface area contributed by atoms with E-state index in [9.17, 15) is 4.79 Å². The van der Waals surface area contributed by atoms with Gasteiger partial charge in [0.25, 0.3) is 5.56 Å². The lowest BCUT2D eigenvalue weighted by Gasteiger charge is -2.15. The number of nitrogens with one attached hydrogen (secondary N) is 2. The number of hydrogen-bond acceptors (Lipinski definition) is 3. The van der Waals surface area contributed by atoms with E-state index in [1.54, 1.807) is 24.3 Å². The summed E-state index contributed by atoms with van der Waals surface area (Å²) < 4.78 is 0. The maximum absolute atomic E-state index is 11.7. The second-order valence-corrected chi connectivity index (χ2v) is 5.67.